The molecule has 1 unspecified atom stereocenters. The predicted molar refractivity (Wildman–Crippen MR) is 95.5 cm³/mol. The summed E-state index contributed by atoms with van der Waals surface area (Å²) in [4.78, 5) is 28.9. The summed E-state index contributed by atoms with van der Waals surface area (Å²) in [5.74, 6) is 0.145. The van der Waals surface area contributed by atoms with Gasteiger partial charge >= 0.3 is 0 Å². The molecule has 6 nitrogen and oxygen atoms in total. The quantitative estimate of drug-likeness (QED) is 0.838. The van der Waals surface area contributed by atoms with Crippen LogP contribution in [0.5, 0.6) is 0 Å². The van der Waals surface area contributed by atoms with Crippen LogP contribution in [-0.2, 0) is 11.2 Å². The lowest BCUT2D eigenvalue weighted by atomic mass is 9.99. The number of rotatable bonds is 5. The number of nitrogens with one attached hydrogen (secondary N) is 2. The number of nitriles is 1. The third-order valence-electron chi connectivity index (χ3n) is 4.65. The SMILES string of the molecule is CNCC1CCCN1C(=O)CCc1c(C)[nH]c(=O)c(C#N)c1C.Cl. The van der Waals surface area contributed by atoms with Crippen LogP contribution in [0.15, 0.2) is 4.79 Å². The molecule has 1 fully saturated rings. The molecule has 2 heterocycles. The molecule has 2 N–H and O–H groups in total. The number of aromatic nitrogens is 1. The van der Waals surface area contributed by atoms with Gasteiger partial charge in [0.1, 0.15) is 11.6 Å². The number of H-pyrrole nitrogens is 1. The molecular formula is C17H25ClN4O2. The fraction of sp³-hybridized carbons (Fsp3) is 0.588. The summed E-state index contributed by atoms with van der Waals surface area (Å²) in [6.45, 7) is 5.23. The zero-order valence-corrected chi connectivity index (χ0v) is 15.3. The second-order valence-electron chi connectivity index (χ2n) is 6.11. The second-order valence-corrected chi connectivity index (χ2v) is 6.11. The van der Waals surface area contributed by atoms with Gasteiger partial charge in [0.15, 0.2) is 0 Å². The molecule has 24 heavy (non-hydrogen) atoms. The number of likely N-dealkylation sites (N-methyl/N-ethyl adjacent to an activating group) is 1. The van der Waals surface area contributed by atoms with Crippen LogP contribution in [0.1, 0.15) is 41.6 Å². The third kappa shape index (κ3) is 4.16. The van der Waals surface area contributed by atoms with Gasteiger partial charge in [0.25, 0.3) is 5.56 Å². The second kappa shape index (κ2) is 8.86. The van der Waals surface area contributed by atoms with Crippen LogP contribution < -0.4 is 10.9 Å². The van der Waals surface area contributed by atoms with E-state index < -0.39 is 0 Å². The summed E-state index contributed by atoms with van der Waals surface area (Å²) in [6, 6.07) is 2.23. The van der Waals surface area contributed by atoms with E-state index in [1.165, 1.54) is 0 Å². The Balaban J connectivity index is 0.00000288. The van der Waals surface area contributed by atoms with Crippen molar-refractivity contribution >= 4 is 18.3 Å². The molecule has 0 aliphatic carbocycles. The molecule has 1 aliphatic heterocycles. The normalized spacial score (nSPS) is 16.6. The summed E-state index contributed by atoms with van der Waals surface area (Å²) in [5.41, 5.74) is 2.12. The van der Waals surface area contributed by atoms with E-state index in [0.717, 1.165) is 37.2 Å². The lowest BCUT2D eigenvalue weighted by Gasteiger charge is -2.25. The summed E-state index contributed by atoms with van der Waals surface area (Å²) >= 11 is 0. The van der Waals surface area contributed by atoms with Crippen LogP contribution in [0.4, 0.5) is 0 Å². The van der Waals surface area contributed by atoms with Gasteiger partial charge in [-0.2, -0.15) is 5.26 Å². The van der Waals surface area contributed by atoms with Crippen LogP contribution in [-0.4, -0.2) is 42.0 Å². The van der Waals surface area contributed by atoms with Crippen LogP contribution in [0.3, 0.4) is 0 Å². The minimum atomic E-state index is -0.355. The zero-order valence-electron chi connectivity index (χ0n) is 14.4. The highest BCUT2D eigenvalue weighted by atomic mass is 35.5. The molecule has 0 radical (unpaired) electrons. The van der Waals surface area contributed by atoms with Gasteiger partial charge in [-0.1, -0.05) is 0 Å². The van der Waals surface area contributed by atoms with Gasteiger partial charge in [-0.05, 0) is 51.3 Å². The van der Waals surface area contributed by atoms with E-state index in [2.05, 4.69) is 10.3 Å². The van der Waals surface area contributed by atoms with Crippen molar-refractivity contribution in [3.63, 3.8) is 0 Å². The highest BCUT2D eigenvalue weighted by molar-refractivity contribution is 5.85. The maximum atomic E-state index is 12.5. The monoisotopic (exact) mass is 352 g/mol. The molecule has 1 aliphatic rings. The number of hydrogen-bond acceptors (Lipinski definition) is 4. The average molecular weight is 353 g/mol. The van der Waals surface area contributed by atoms with Gasteiger partial charge in [-0.15, -0.1) is 12.4 Å². The van der Waals surface area contributed by atoms with Crippen LogP contribution >= 0.6 is 12.4 Å². The van der Waals surface area contributed by atoms with E-state index in [1.807, 2.05) is 24.9 Å². The Morgan fingerprint density at radius 1 is 1.46 bits per heavy atom. The van der Waals surface area contributed by atoms with Gasteiger partial charge < -0.3 is 15.2 Å². The topological polar surface area (TPSA) is 89.0 Å². The number of hydrogen-bond donors (Lipinski definition) is 2. The van der Waals surface area contributed by atoms with Gasteiger partial charge in [-0.3, -0.25) is 9.59 Å². The largest absolute Gasteiger partial charge is 0.338 e. The number of aryl methyl sites for hydroxylation is 1. The molecule has 0 aromatic carbocycles. The van der Waals surface area contributed by atoms with Gasteiger partial charge in [0.05, 0.1) is 0 Å². The molecule has 7 heteroatoms. The Kier molecular flexibility index (Phi) is 7.46. The van der Waals surface area contributed by atoms with Crippen LogP contribution in [0, 0.1) is 25.2 Å². The fourth-order valence-electron chi connectivity index (χ4n) is 3.41. The van der Waals surface area contributed by atoms with Crippen molar-refractivity contribution in [1.82, 2.24) is 15.2 Å². The molecule has 1 saturated heterocycles. The highest BCUT2D eigenvalue weighted by Gasteiger charge is 2.27. The number of halogens is 1. The smallest absolute Gasteiger partial charge is 0.266 e. The molecule has 1 atom stereocenters. The van der Waals surface area contributed by atoms with Gasteiger partial charge in [0.2, 0.25) is 5.91 Å². The van der Waals surface area contributed by atoms with Crippen molar-refractivity contribution in [2.45, 2.75) is 45.6 Å². The molecule has 0 bridgehead atoms. The van der Waals surface area contributed by atoms with Crippen molar-refractivity contribution in [2.24, 2.45) is 0 Å². The van der Waals surface area contributed by atoms with E-state index in [0.29, 0.717) is 18.4 Å². The lowest BCUT2D eigenvalue weighted by Crippen LogP contribution is -2.41. The number of likely N-dealkylation sites (tertiary alicyclic amines) is 1. The fourth-order valence-corrected chi connectivity index (χ4v) is 3.41. The molecule has 1 amide bonds. The number of pyridine rings is 1. The summed E-state index contributed by atoms with van der Waals surface area (Å²) in [6.07, 6.45) is 3.04. The van der Waals surface area contributed by atoms with E-state index in [9.17, 15) is 9.59 Å². The maximum absolute atomic E-state index is 12.5. The molecule has 132 valence electrons. The predicted octanol–water partition coefficient (Wildman–Crippen LogP) is 1.43. The highest BCUT2D eigenvalue weighted by Crippen LogP contribution is 2.20. The first-order valence-electron chi connectivity index (χ1n) is 8.06. The summed E-state index contributed by atoms with van der Waals surface area (Å²) in [7, 11) is 1.90. The standard InChI is InChI=1S/C17H24N4O2.ClH/c1-11-14(12(2)20-17(23)15(11)9-18)6-7-16(22)21-8-4-5-13(21)10-19-3;/h13,19H,4-8,10H2,1-3H3,(H,20,23);1H. The molecule has 1 aromatic heterocycles. The summed E-state index contributed by atoms with van der Waals surface area (Å²) < 4.78 is 0. The minimum absolute atomic E-state index is 0. The Morgan fingerprint density at radius 2 is 2.17 bits per heavy atom. The number of carbonyl (C=O) groups excluding carboxylic acids is 1. The first-order valence-corrected chi connectivity index (χ1v) is 8.06. The van der Waals surface area contributed by atoms with E-state index >= 15 is 0 Å². The van der Waals surface area contributed by atoms with Crippen molar-refractivity contribution in [3.05, 3.63) is 32.7 Å². The van der Waals surface area contributed by atoms with Crippen molar-refractivity contribution in [2.75, 3.05) is 20.1 Å². The van der Waals surface area contributed by atoms with E-state index in [4.69, 9.17) is 5.26 Å². The Labute approximate surface area is 148 Å². The zero-order chi connectivity index (χ0) is 17.0. The first kappa shape index (κ1) is 20.2. The van der Waals surface area contributed by atoms with Crippen LogP contribution in [0.2, 0.25) is 0 Å². The number of nitrogens with zero attached hydrogens (tertiary/aromatic N) is 2. The van der Waals surface area contributed by atoms with Gasteiger partial charge in [-0.25, -0.2) is 0 Å². The maximum Gasteiger partial charge on any atom is 0.266 e. The molecule has 2 rings (SSSR count). The Morgan fingerprint density at radius 3 is 2.79 bits per heavy atom. The molecule has 1 aromatic rings. The molecular weight excluding hydrogens is 328 g/mol. The number of aromatic amines is 1. The minimum Gasteiger partial charge on any atom is -0.338 e. The Hall–Kier alpha value is -1.84. The molecule has 0 saturated carbocycles. The first-order chi connectivity index (χ1) is 11.0. The van der Waals surface area contributed by atoms with Crippen molar-refractivity contribution in [1.29, 1.82) is 5.26 Å². The van der Waals surface area contributed by atoms with Crippen molar-refractivity contribution in [3.8, 4) is 6.07 Å². The Bertz CT molecular complexity index is 693. The number of amides is 1. The van der Waals surface area contributed by atoms with Crippen molar-refractivity contribution < 1.29 is 4.79 Å². The van der Waals surface area contributed by atoms with Gasteiger partial charge in [0, 0.05) is 31.2 Å². The van der Waals surface area contributed by atoms with E-state index in [-0.39, 0.29) is 35.5 Å². The van der Waals surface area contributed by atoms with Crippen LogP contribution in [0.25, 0.3) is 0 Å². The summed E-state index contributed by atoms with van der Waals surface area (Å²) in [5, 5.41) is 12.2. The lowest BCUT2D eigenvalue weighted by molar-refractivity contribution is -0.131. The molecule has 0 spiro atoms. The third-order valence-corrected chi connectivity index (χ3v) is 4.65. The average Bonchev–Trinajstić information content (AvgIpc) is 2.95. The number of carbonyl (C=O) groups is 1. The van der Waals surface area contributed by atoms with E-state index in [1.54, 1.807) is 6.92 Å².